The number of piperidine rings is 1. The van der Waals surface area contributed by atoms with Gasteiger partial charge in [-0.2, -0.15) is 0 Å². The van der Waals surface area contributed by atoms with E-state index in [1.54, 1.807) is 11.0 Å². The number of carbonyl (C=O) groups excluding carboxylic acids is 2. The highest BCUT2D eigenvalue weighted by Gasteiger charge is 2.29. The fourth-order valence-corrected chi connectivity index (χ4v) is 3.41. The minimum Gasteiger partial charge on any atom is -0.472 e. The van der Waals surface area contributed by atoms with Gasteiger partial charge in [-0.1, -0.05) is 30.3 Å². The van der Waals surface area contributed by atoms with Gasteiger partial charge in [0, 0.05) is 19.1 Å². The highest BCUT2D eigenvalue weighted by molar-refractivity contribution is 5.94. The minimum absolute atomic E-state index is 0.0512. The summed E-state index contributed by atoms with van der Waals surface area (Å²) in [4.78, 5) is 26.8. The van der Waals surface area contributed by atoms with Gasteiger partial charge in [-0.05, 0) is 44.2 Å². The van der Waals surface area contributed by atoms with Crippen molar-refractivity contribution in [3.05, 3.63) is 60.1 Å². The van der Waals surface area contributed by atoms with Crippen LogP contribution < -0.4 is 5.32 Å². The smallest absolute Gasteiger partial charge is 0.257 e. The summed E-state index contributed by atoms with van der Waals surface area (Å²) in [6, 6.07) is 12.1. The summed E-state index contributed by atoms with van der Waals surface area (Å²) in [7, 11) is 0. The van der Waals surface area contributed by atoms with E-state index in [0.717, 1.165) is 25.7 Å². The molecule has 0 saturated carbocycles. The number of furan rings is 1. The second-order valence-electron chi connectivity index (χ2n) is 7.04. The summed E-state index contributed by atoms with van der Waals surface area (Å²) >= 11 is 0. The van der Waals surface area contributed by atoms with Crippen LogP contribution in [0.4, 0.5) is 0 Å². The Morgan fingerprint density at radius 3 is 2.81 bits per heavy atom. The number of likely N-dealkylation sites (tertiary alicyclic amines) is 1. The Morgan fingerprint density at radius 2 is 2.08 bits per heavy atom. The SMILES string of the molecule is C[C@@H](CCc1ccccc1)NC(=O)[C@H]1CCCN(C(=O)c2ccoc2)C1. The predicted octanol–water partition coefficient (Wildman–Crippen LogP) is 3.27. The molecule has 0 radical (unpaired) electrons. The van der Waals surface area contributed by atoms with Crippen LogP contribution in [0.15, 0.2) is 53.3 Å². The molecule has 5 heteroatoms. The summed E-state index contributed by atoms with van der Waals surface area (Å²) in [5.74, 6) is -0.151. The van der Waals surface area contributed by atoms with Crippen LogP contribution in [-0.4, -0.2) is 35.8 Å². The lowest BCUT2D eigenvalue weighted by molar-refractivity contribution is -0.127. The zero-order valence-corrected chi connectivity index (χ0v) is 15.2. The van der Waals surface area contributed by atoms with E-state index >= 15 is 0 Å². The number of nitrogens with zero attached hydrogens (tertiary/aromatic N) is 1. The van der Waals surface area contributed by atoms with Crippen LogP contribution in [0.2, 0.25) is 0 Å². The third-order valence-electron chi connectivity index (χ3n) is 4.95. The van der Waals surface area contributed by atoms with Gasteiger partial charge in [0.25, 0.3) is 5.91 Å². The minimum atomic E-state index is -0.140. The monoisotopic (exact) mass is 354 g/mol. The summed E-state index contributed by atoms with van der Waals surface area (Å²) in [6.45, 7) is 3.21. The first kappa shape index (κ1) is 18.2. The lowest BCUT2D eigenvalue weighted by Crippen LogP contribution is -2.47. The third kappa shape index (κ3) is 4.75. The van der Waals surface area contributed by atoms with Crippen molar-refractivity contribution in [2.45, 2.75) is 38.6 Å². The zero-order valence-electron chi connectivity index (χ0n) is 15.2. The van der Waals surface area contributed by atoms with E-state index in [-0.39, 0.29) is 23.8 Å². The molecular formula is C21H26N2O3. The fraction of sp³-hybridized carbons (Fsp3) is 0.429. The molecule has 1 aromatic carbocycles. The van der Waals surface area contributed by atoms with Gasteiger partial charge in [0.1, 0.15) is 6.26 Å². The van der Waals surface area contributed by atoms with Gasteiger partial charge in [0.2, 0.25) is 5.91 Å². The molecule has 2 heterocycles. The molecule has 1 saturated heterocycles. The number of rotatable bonds is 6. The highest BCUT2D eigenvalue weighted by Crippen LogP contribution is 2.19. The Hall–Kier alpha value is -2.56. The van der Waals surface area contributed by atoms with Gasteiger partial charge in [-0.25, -0.2) is 0 Å². The Morgan fingerprint density at radius 1 is 1.27 bits per heavy atom. The van der Waals surface area contributed by atoms with Gasteiger partial charge in [-0.3, -0.25) is 9.59 Å². The number of hydrogen-bond donors (Lipinski definition) is 1. The zero-order chi connectivity index (χ0) is 18.4. The molecule has 1 aromatic heterocycles. The normalized spacial score (nSPS) is 18.3. The fourth-order valence-electron chi connectivity index (χ4n) is 3.41. The molecule has 0 spiro atoms. The van der Waals surface area contributed by atoms with Gasteiger partial charge >= 0.3 is 0 Å². The van der Waals surface area contributed by atoms with Crippen LogP contribution in [0.25, 0.3) is 0 Å². The van der Waals surface area contributed by atoms with E-state index in [0.29, 0.717) is 18.7 Å². The number of aryl methyl sites for hydroxylation is 1. The standard InChI is InChI=1S/C21H26N2O3/c1-16(9-10-17-6-3-2-4-7-17)22-20(24)18-8-5-12-23(14-18)21(25)19-11-13-26-15-19/h2-4,6-7,11,13,15-16,18H,5,8-10,12,14H2,1H3,(H,22,24)/t16-,18-/m0/s1. The third-order valence-corrected chi connectivity index (χ3v) is 4.95. The average Bonchev–Trinajstić information content (AvgIpc) is 3.21. The molecule has 1 fully saturated rings. The first-order chi connectivity index (χ1) is 12.6. The molecule has 0 unspecified atom stereocenters. The highest BCUT2D eigenvalue weighted by atomic mass is 16.3. The van der Waals surface area contributed by atoms with Gasteiger partial charge in [0.15, 0.2) is 0 Å². The van der Waals surface area contributed by atoms with Gasteiger partial charge < -0.3 is 14.6 Å². The van der Waals surface area contributed by atoms with Crippen molar-refractivity contribution in [1.29, 1.82) is 0 Å². The van der Waals surface area contributed by atoms with E-state index in [9.17, 15) is 9.59 Å². The van der Waals surface area contributed by atoms with E-state index in [1.807, 2.05) is 25.1 Å². The molecule has 5 nitrogen and oxygen atoms in total. The van der Waals surface area contributed by atoms with Crippen molar-refractivity contribution < 1.29 is 14.0 Å². The van der Waals surface area contributed by atoms with Crippen LogP contribution >= 0.6 is 0 Å². The lowest BCUT2D eigenvalue weighted by Gasteiger charge is -2.32. The molecule has 2 aromatic rings. The van der Waals surface area contributed by atoms with Crippen LogP contribution in [0.5, 0.6) is 0 Å². The molecule has 0 bridgehead atoms. The Labute approximate surface area is 154 Å². The summed E-state index contributed by atoms with van der Waals surface area (Å²) < 4.78 is 4.99. The number of nitrogens with one attached hydrogen (secondary N) is 1. The van der Waals surface area contributed by atoms with Crippen LogP contribution in [0.1, 0.15) is 42.1 Å². The van der Waals surface area contributed by atoms with Crippen LogP contribution in [-0.2, 0) is 11.2 Å². The van der Waals surface area contributed by atoms with Gasteiger partial charge in [-0.15, -0.1) is 0 Å². The van der Waals surface area contributed by atoms with E-state index in [2.05, 4.69) is 17.4 Å². The largest absolute Gasteiger partial charge is 0.472 e. The Kier molecular flexibility index (Phi) is 6.10. The van der Waals surface area contributed by atoms with Crippen LogP contribution in [0.3, 0.4) is 0 Å². The molecule has 3 rings (SSSR count). The maximum atomic E-state index is 12.6. The van der Waals surface area contributed by atoms with E-state index in [1.165, 1.54) is 18.1 Å². The number of amides is 2. The second kappa shape index (κ2) is 8.70. The van der Waals surface area contributed by atoms with Gasteiger partial charge in [0.05, 0.1) is 17.7 Å². The Balaban J connectivity index is 1.48. The molecule has 26 heavy (non-hydrogen) atoms. The van der Waals surface area contributed by atoms with Crippen molar-refractivity contribution in [3.8, 4) is 0 Å². The molecule has 1 aliphatic rings. The average molecular weight is 354 g/mol. The first-order valence-corrected chi connectivity index (χ1v) is 9.29. The van der Waals surface area contributed by atoms with E-state index in [4.69, 9.17) is 4.42 Å². The molecule has 2 atom stereocenters. The quantitative estimate of drug-likeness (QED) is 0.866. The van der Waals surface area contributed by atoms with Crippen molar-refractivity contribution in [3.63, 3.8) is 0 Å². The molecule has 2 amide bonds. The van der Waals surface area contributed by atoms with Crippen LogP contribution in [0, 0.1) is 5.92 Å². The Bertz CT molecular complexity index is 712. The summed E-state index contributed by atoms with van der Waals surface area (Å²) in [5.41, 5.74) is 1.82. The summed E-state index contributed by atoms with van der Waals surface area (Å²) in [5, 5.41) is 3.12. The lowest BCUT2D eigenvalue weighted by atomic mass is 9.96. The number of hydrogen-bond acceptors (Lipinski definition) is 3. The van der Waals surface area contributed by atoms with Crippen molar-refractivity contribution in [1.82, 2.24) is 10.2 Å². The predicted molar refractivity (Wildman–Crippen MR) is 99.7 cm³/mol. The van der Waals surface area contributed by atoms with E-state index < -0.39 is 0 Å². The summed E-state index contributed by atoms with van der Waals surface area (Å²) in [6.07, 6.45) is 6.47. The number of carbonyl (C=O) groups is 2. The molecule has 1 N–H and O–H groups in total. The second-order valence-corrected chi connectivity index (χ2v) is 7.04. The molecule has 138 valence electrons. The van der Waals surface area contributed by atoms with Crippen molar-refractivity contribution in [2.24, 2.45) is 5.92 Å². The maximum Gasteiger partial charge on any atom is 0.257 e. The molecular weight excluding hydrogens is 328 g/mol. The van der Waals surface area contributed by atoms with Crippen molar-refractivity contribution in [2.75, 3.05) is 13.1 Å². The first-order valence-electron chi connectivity index (χ1n) is 9.29. The van der Waals surface area contributed by atoms with Crippen molar-refractivity contribution >= 4 is 11.8 Å². The number of benzene rings is 1. The topological polar surface area (TPSA) is 62.6 Å². The maximum absolute atomic E-state index is 12.6. The molecule has 1 aliphatic heterocycles. The molecule has 0 aliphatic carbocycles.